The standard InChI is InChI=1S/C18H21FN2O4S2/c1-15-13-17(19)7-8-18(15)27(24,25)21-11-9-20(10-12-21)26(22,23)14-16-5-3-2-4-6-16/h2-8,13H,9-12,14H2,1H3. The molecule has 9 heteroatoms. The summed E-state index contributed by atoms with van der Waals surface area (Å²) in [6, 6.07) is 12.4. The van der Waals surface area contributed by atoms with Crippen LogP contribution in [0.3, 0.4) is 0 Å². The van der Waals surface area contributed by atoms with E-state index in [1.807, 2.05) is 6.07 Å². The topological polar surface area (TPSA) is 74.8 Å². The molecule has 2 aromatic rings. The molecule has 0 amide bonds. The van der Waals surface area contributed by atoms with Crippen LogP contribution in [0.5, 0.6) is 0 Å². The van der Waals surface area contributed by atoms with Gasteiger partial charge in [0.2, 0.25) is 20.0 Å². The molecule has 0 radical (unpaired) electrons. The van der Waals surface area contributed by atoms with Gasteiger partial charge in [-0.05, 0) is 36.2 Å². The Morgan fingerprint density at radius 1 is 0.889 bits per heavy atom. The Morgan fingerprint density at radius 2 is 1.48 bits per heavy atom. The minimum atomic E-state index is -3.79. The normalized spacial score (nSPS) is 17.1. The van der Waals surface area contributed by atoms with Gasteiger partial charge in [-0.25, -0.2) is 21.2 Å². The number of sulfonamides is 2. The zero-order chi connectivity index (χ0) is 19.7. The molecule has 3 rings (SSSR count). The third kappa shape index (κ3) is 4.37. The Kier molecular flexibility index (Phi) is 5.66. The fraction of sp³-hybridized carbons (Fsp3) is 0.333. The van der Waals surface area contributed by atoms with E-state index < -0.39 is 25.9 Å². The van der Waals surface area contributed by atoms with Crippen molar-refractivity contribution >= 4 is 20.0 Å². The summed E-state index contributed by atoms with van der Waals surface area (Å²) in [5.41, 5.74) is 1.02. The monoisotopic (exact) mass is 412 g/mol. The van der Waals surface area contributed by atoms with Crippen LogP contribution in [0, 0.1) is 12.7 Å². The quantitative estimate of drug-likeness (QED) is 0.753. The molecule has 6 nitrogen and oxygen atoms in total. The predicted molar refractivity (Wildman–Crippen MR) is 101 cm³/mol. The fourth-order valence-corrected chi connectivity index (χ4v) is 6.25. The molecule has 0 aromatic heterocycles. The number of halogens is 1. The van der Waals surface area contributed by atoms with Gasteiger partial charge in [-0.2, -0.15) is 8.61 Å². The maximum atomic E-state index is 13.3. The molecule has 1 fully saturated rings. The van der Waals surface area contributed by atoms with Gasteiger partial charge in [0.1, 0.15) is 5.82 Å². The van der Waals surface area contributed by atoms with Crippen molar-refractivity contribution in [2.75, 3.05) is 26.2 Å². The van der Waals surface area contributed by atoms with Crippen LogP contribution in [0.15, 0.2) is 53.4 Å². The first kappa shape index (κ1) is 19.9. The third-order valence-electron chi connectivity index (χ3n) is 4.54. The van der Waals surface area contributed by atoms with Gasteiger partial charge in [-0.15, -0.1) is 0 Å². The summed E-state index contributed by atoms with van der Waals surface area (Å²) >= 11 is 0. The summed E-state index contributed by atoms with van der Waals surface area (Å²) < 4.78 is 66.6. The predicted octanol–water partition coefficient (Wildman–Crippen LogP) is 1.97. The van der Waals surface area contributed by atoms with Crippen LogP contribution >= 0.6 is 0 Å². The second kappa shape index (κ2) is 7.67. The van der Waals surface area contributed by atoms with E-state index in [9.17, 15) is 21.2 Å². The maximum absolute atomic E-state index is 13.3. The molecule has 0 aliphatic carbocycles. The molecule has 0 N–H and O–H groups in total. The molecular formula is C18H21FN2O4S2. The van der Waals surface area contributed by atoms with E-state index >= 15 is 0 Å². The number of benzene rings is 2. The van der Waals surface area contributed by atoms with Crippen LogP contribution in [-0.2, 0) is 25.8 Å². The minimum Gasteiger partial charge on any atom is -0.212 e. The minimum absolute atomic E-state index is 0.0458. The summed E-state index contributed by atoms with van der Waals surface area (Å²) in [6.45, 7) is 1.85. The first-order valence-corrected chi connectivity index (χ1v) is 11.5. The molecule has 0 bridgehead atoms. The molecule has 27 heavy (non-hydrogen) atoms. The van der Waals surface area contributed by atoms with Gasteiger partial charge in [0.15, 0.2) is 0 Å². The summed E-state index contributed by atoms with van der Waals surface area (Å²) in [4.78, 5) is 0.0458. The number of rotatable bonds is 5. The molecule has 0 unspecified atom stereocenters. The average molecular weight is 413 g/mol. The zero-order valence-corrected chi connectivity index (χ0v) is 16.5. The van der Waals surface area contributed by atoms with Gasteiger partial charge in [-0.1, -0.05) is 30.3 Å². The molecule has 146 valence electrons. The Morgan fingerprint density at radius 3 is 2.07 bits per heavy atom. The lowest BCUT2D eigenvalue weighted by Crippen LogP contribution is -2.50. The largest absolute Gasteiger partial charge is 0.243 e. The first-order chi connectivity index (χ1) is 12.7. The number of aryl methyl sites for hydroxylation is 1. The lowest BCUT2D eigenvalue weighted by atomic mass is 10.2. The Balaban J connectivity index is 1.71. The van der Waals surface area contributed by atoms with Crippen LogP contribution in [0.2, 0.25) is 0 Å². The van der Waals surface area contributed by atoms with Crippen molar-refractivity contribution in [1.29, 1.82) is 0 Å². The summed E-state index contributed by atoms with van der Waals surface area (Å²) in [7, 11) is -7.31. The molecule has 1 aliphatic heterocycles. The van der Waals surface area contributed by atoms with Crippen molar-refractivity contribution in [2.24, 2.45) is 0 Å². The van der Waals surface area contributed by atoms with Crippen molar-refractivity contribution in [2.45, 2.75) is 17.6 Å². The molecule has 1 heterocycles. The van der Waals surface area contributed by atoms with Crippen LogP contribution in [0.1, 0.15) is 11.1 Å². The van der Waals surface area contributed by atoms with Crippen LogP contribution in [0.25, 0.3) is 0 Å². The van der Waals surface area contributed by atoms with Crippen LogP contribution in [0.4, 0.5) is 4.39 Å². The Bertz CT molecular complexity index is 1020. The smallest absolute Gasteiger partial charge is 0.212 e. The average Bonchev–Trinajstić information content (AvgIpc) is 2.62. The Labute approximate surface area is 159 Å². The van der Waals surface area contributed by atoms with Crippen molar-refractivity contribution in [3.63, 3.8) is 0 Å². The highest BCUT2D eigenvalue weighted by Crippen LogP contribution is 2.23. The van der Waals surface area contributed by atoms with Crippen molar-refractivity contribution < 1.29 is 21.2 Å². The number of hydrogen-bond acceptors (Lipinski definition) is 4. The van der Waals surface area contributed by atoms with Gasteiger partial charge in [0.25, 0.3) is 0 Å². The number of piperazine rings is 1. The van der Waals surface area contributed by atoms with Crippen molar-refractivity contribution in [1.82, 2.24) is 8.61 Å². The van der Waals surface area contributed by atoms with E-state index in [-0.39, 0.29) is 36.8 Å². The summed E-state index contributed by atoms with van der Waals surface area (Å²) in [5, 5.41) is 0. The van der Waals surface area contributed by atoms with E-state index in [0.29, 0.717) is 11.1 Å². The van der Waals surface area contributed by atoms with E-state index in [0.717, 1.165) is 6.07 Å². The first-order valence-electron chi connectivity index (χ1n) is 8.48. The zero-order valence-electron chi connectivity index (χ0n) is 14.9. The highest BCUT2D eigenvalue weighted by Gasteiger charge is 2.33. The lowest BCUT2D eigenvalue weighted by molar-refractivity contribution is 0.272. The Hall–Kier alpha value is -1.81. The van der Waals surface area contributed by atoms with Gasteiger partial charge in [0.05, 0.1) is 10.6 Å². The van der Waals surface area contributed by atoms with Gasteiger partial charge in [-0.3, -0.25) is 0 Å². The molecule has 1 saturated heterocycles. The van der Waals surface area contributed by atoms with E-state index in [2.05, 4.69) is 0 Å². The second-order valence-electron chi connectivity index (χ2n) is 6.45. The molecular weight excluding hydrogens is 391 g/mol. The van der Waals surface area contributed by atoms with E-state index in [4.69, 9.17) is 0 Å². The van der Waals surface area contributed by atoms with Crippen molar-refractivity contribution in [3.8, 4) is 0 Å². The molecule has 0 saturated carbocycles. The highest BCUT2D eigenvalue weighted by atomic mass is 32.2. The van der Waals surface area contributed by atoms with Gasteiger partial charge >= 0.3 is 0 Å². The lowest BCUT2D eigenvalue weighted by Gasteiger charge is -2.33. The van der Waals surface area contributed by atoms with Crippen LogP contribution in [-0.4, -0.2) is 51.6 Å². The van der Waals surface area contributed by atoms with Gasteiger partial charge < -0.3 is 0 Å². The number of hydrogen-bond donors (Lipinski definition) is 0. The van der Waals surface area contributed by atoms with E-state index in [1.165, 1.54) is 27.7 Å². The maximum Gasteiger partial charge on any atom is 0.243 e. The molecule has 1 aliphatic rings. The molecule has 2 aromatic carbocycles. The third-order valence-corrected chi connectivity index (χ3v) is 8.45. The second-order valence-corrected chi connectivity index (χ2v) is 10.3. The van der Waals surface area contributed by atoms with Gasteiger partial charge in [0, 0.05) is 26.2 Å². The summed E-state index contributed by atoms with van der Waals surface area (Å²) in [6.07, 6.45) is 0. The van der Waals surface area contributed by atoms with Crippen molar-refractivity contribution in [3.05, 3.63) is 65.5 Å². The molecule has 0 spiro atoms. The SMILES string of the molecule is Cc1cc(F)ccc1S(=O)(=O)N1CCN(S(=O)(=O)Cc2ccccc2)CC1. The fourth-order valence-electron chi connectivity index (χ4n) is 3.11. The summed E-state index contributed by atoms with van der Waals surface area (Å²) in [5.74, 6) is -0.610. The van der Waals surface area contributed by atoms with Crippen LogP contribution < -0.4 is 0 Å². The highest BCUT2D eigenvalue weighted by molar-refractivity contribution is 7.89. The number of nitrogens with zero attached hydrogens (tertiary/aromatic N) is 2. The van der Waals surface area contributed by atoms with E-state index in [1.54, 1.807) is 24.3 Å². The molecule has 0 atom stereocenters.